The Balaban J connectivity index is 3.11. The van der Waals surface area contributed by atoms with Crippen LogP contribution in [0, 0.1) is 0 Å². The Morgan fingerprint density at radius 2 is 1.04 bits per heavy atom. The van der Waals surface area contributed by atoms with Crippen LogP contribution < -0.4 is 0 Å². The molecule has 0 saturated heterocycles. The highest BCUT2D eigenvalue weighted by Gasteiger charge is 2.00. The average Bonchev–Trinajstić information content (AvgIpc) is 2.64. The third kappa shape index (κ3) is 21.3. The van der Waals surface area contributed by atoms with Crippen molar-refractivity contribution in [3.63, 3.8) is 0 Å². The molecule has 0 aliphatic carbocycles. The molecule has 2 nitrogen and oxygen atoms in total. The quantitative estimate of drug-likeness (QED) is 0.123. The van der Waals surface area contributed by atoms with E-state index in [1.807, 2.05) is 6.92 Å². The smallest absolute Gasteiger partial charge is 0.305 e. The van der Waals surface area contributed by atoms with Crippen molar-refractivity contribution < 1.29 is 9.53 Å². The lowest BCUT2D eigenvalue weighted by Gasteiger charge is -2.02. The van der Waals surface area contributed by atoms with Crippen LogP contribution in [0.5, 0.6) is 0 Å². The number of rotatable bonds is 20. The van der Waals surface area contributed by atoms with E-state index < -0.39 is 0 Å². The molecule has 0 aliphatic heterocycles. The Morgan fingerprint density at radius 3 is 1.50 bits per heavy atom. The second-order valence-corrected chi connectivity index (χ2v) is 7.55. The number of hydrogen-bond acceptors (Lipinski definition) is 2. The minimum atomic E-state index is -0.0359. The molecular weight excluding hydrogens is 320 g/mol. The molecular formula is C24H46O2. The maximum Gasteiger partial charge on any atom is 0.305 e. The fourth-order valence-electron chi connectivity index (χ4n) is 3.28. The zero-order valence-electron chi connectivity index (χ0n) is 17.9. The van der Waals surface area contributed by atoms with Gasteiger partial charge in [-0.15, -0.1) is 0 Å². The largest absolute Gasteiger partial charge is 0.466 e. The lowest BCUT2D eigenvalue weighted by atomic mass is 10.1. The predicted octanol–water partition coefficient (Wildman–Crippen LogP) is 8.15. The summed E-state index contributed by atoms with van der Waals surface area (Å²) in [6, 6.07) is 0. The molecule has 0 heterocycles. The minimum Gasteiger partial charge on any atom is -0.466 e. The van der Waals surface area contributed by atoms with E-state index in [0.29, 0.717) is 13.0 Å². The van der Waals surface area contributed by atoms with Crippen molar-refractivity contribution >= 4 is 5.97 Å². The first-order valence-corrected chi connectivity index (χ1v) is 11.6. The van der Waals surface area contributed by atoms with Crippen molar-refractivity contribution in [2.75, 3.05) is 6.61 Å². The Bertz CT molecular complexity index is 309. The van der Waals surface area contributed by atoms with E-state index in [1.165, 1.54) is 96.3 Å². The Kier molecular flexibility index (Phi) is 21.6. The summed E-state index contributed by atoms with van der Waals surface area (Å²) in [4.78, 5) is 11.2. The Labute approximate surface area is 164 Å². The van der Waals surface area contributed by atoms with Crippen molar-refractivity contribution in [3.8, 4) is 0 Å². The lowest BCUT2D eigenvalue weighted by molar-refractivity contribution is -0.143. The normalized spacial score (nSPS) is 11.3. The van der Waals surface area contributed by atoms with Crippen molar-refractivity contribution in [1.82, 2.24) is 0 Å². The highest BCUT2D eigenvalue weighted by atomic mass is 16.5. The van der Waals surface area contributed by atoms with Gasteiger partial charge in [0.2, 0.25) is 0 Å². The van der Waals surface area contributed by atoms with Gasteiger partial charge in [0.25, 0.3) is 0 Å². The molecule has 2 heteroatoms. The van der Waals surface area contributed by atoms with Crippen LogP contribution in [0.3, 0.4) is 0 Å². The van der Waals surface area contributed by atoms with Crippen LogP contribution >= 0.6 is 0 Å². The first-order chi connectivity index (χ1) is 12.8. The molecule has 0 N–H and O–H groups in total. The molecule has 0 aromatic rings. The first kappa shape index (κ1) is 25.2. The van der Waals surface area contributed by atoms with E-state index in [9.17, 15) is 4.79 Å². The topological polar surface area (TPSA) is 26.3 Å². The van der Waals surface area contributed by atoms with Gasteiger partial charge in [-0.2, -0.15) is 0 Å². The SMILES string of the molecule is CCCCCCCCCC/C=C\CCCCCCCCCC(=O)OCC. The monoisotopic (exact) mass is 366 g/mol. The fourth-order valence-corrected chi connectivity index (χ4v) is 3.28. The molecule has 0 spiro atoms. The van der Waals surface area contributed by atoms with E-state index in [0.717, 1.165) is 12.8 Å². The summed E-state index contributed by atoms with van der Waals surface area (Å²) >= 11 is 0. The predicted molar refractivity (Wildman–Crippen MR) is 115 cm³/mol. The summed E-state index contributed by atoms with van der Waals surface area (Å²) < 4.78 is 4.93. The van der Waals surface area contributed by atoms with Crippen LogP contribution in [0.15, 0.2) is 12.2 Å². The van der Waals surface area contributed by atoms with Crippen molar-refractivity contribution in [3.05, 3.63) is 12.2 Å². The molecule has 0 fully saturated rings. The molecule has 0 aromatic carbocycles. The van der Waals surface area contributed by atoms with Gasteiger partial charge in [-0.1, -0.05) is 96.1 Å². The summed E-state index contributed by atoms with van der Waals surface area (Å²) in [6.07, 6.45) is 27.9. The molecule has 26 heavy (non-hydrogen) atoms. The molecule has 154 valence electrons. The van der Waals surface area contributed by atoms with Crippen LogP contribution in [-0.2, 0) is 9.53 Å². The molecule has 0 atom stereocenters. The highest BCUT2D eigenvalue weighted by molar-refractivity contribution is 5.69. The standard InChI is InChI=1S/C24H46O2/c1-3-5-6-7-8-9-10-11-12-13-14-15-16-17-18-19-20-21-22-23-24(25)26-4-2/h13-14H,3-12,15-23H2,1-2H3/b14-13-. The molecule has 0 aromatic heterocycles. The number of hydrogen-bond donors (Lipinski definition) is 0. The van der Waals surface area contributed by atoms with Gasteiger partial charge in [-0.3, -0.25) is 4.79 Å². The number of carbonyl (C=O) groups is 1. The Hall–Kier alpha value is -0.790. The minimum absolute atomic E-state index is 0.0359. The van der Waals surface area contributed by atoms with E-state index in [2.05, 4.69) is 19.1 Å². The van der Waals surface area contributed by atoms with Crippen molar-refractivity contribution in [1.29, 1.82) is 0 Å². The van der Waals surface area contributed by atoms with Crippen LogP contribution in [0.25, 0.3) is 0 Å². The van der Waals surface area contributed by atoms with Crippen LogP contribution in [-0.4, -0.2) is 12.6 Å². The number of unbranched alkanes of at least 4 members (excludes halogenated alkanes) is 15. The Morgan fingerprint density at radius 1 is 0.615 bits per heavy atom. The maximum absolute atomic E-state index is 11.2. The van der Waals surface area contributed by atoms with Crippen LogP contribution in [0.4, 0.5) is 0 Å². The van der Waals surface area contributed by atoms with Gasteiger partial charge in [0, 0.05) is 6.42 Å². The van der Waals surface area contributed by atoms with Gasteiger partial charge < -0.3 is 4.74 Å². The molecule has 0 amide bonds. The van der Waals surface area contributed by atoms with E-state index in [4.69, 9.17) is 4.74 Å². The number of carbonyl (C=O) groups excluding carboxylic acids is 1. The fraction of sp³-hybridized carbons (Fsp3) is 0.875. The lowest BCUT2D eigenvalue weighted by Crippen LogP contribution is -2.03. The number of ether oxygens (including phenoxy) is 1. The van der Waals surface area contributed by atoms with E-state index in [1.54, 1.807) is 0 Å². The highest BCUT2D eigenvalue weighted by Crippen LogP contribution is 2.12. The zero-order valence-corrected chi connectivity index (χ0v) is 17.9. The van der Waals surface area contributed by atoms with E-state index >= 15 is 0 Å². The van der Waals surface area contributed by atoms with Gasteiger partial charge in [-0.25, -0.2) is 0 Å². The molecule has 0 aliphatic rings. The summed E-state index contributed by atoms with van der Waals surface area (Å²) in [5.41, 5.74) is 0. The van der Waals surface area contributed by atoms with Gasteiger partial charge >= 0.3 is 5.97 Å². The zero-order chi connectivity index (χ0) is 19.1. The first-order valence-electron chi connectivity index (χ1n) is 11.6. The average molecular weight is 367 g/mol. The molecule has 0 unspecified atom stereocenters. The van der Waals surface area contributed by atoms with Gasteiger partial charge in [-0.05, 0) is 39.0 Å². The van der Waals surface area contributed by atoms with Gasteiger partial charge in [0.15, 0.2) is 0 Å². The van der Waals surface area contributed by atoms with Crippen molar-refractivity contribution in [2.45, 2.75) is 129 Å². The maximum atomic E-state index is 11.2. The molecule has 0 rings (SSSR count). The summed E-state index contributed by atoms with van der Waals surface area (Å²) in [6.45, 7) is 4.65. The third-order valence-electron chi connectivity index (χ3n) is 4.95. The van der Waals surface area contributed by atoms with Gasteiger partial charge in [0.05, 0.1) is 6.61 Å². The van der Waals surface area contributed by atoms with Crippen LogP contribution in [0.2, 0.25) is 0 Å². The second-order valence-electron chi connectivity index (χ2n) is 7.55. The molecule has 0 saturated carbocycles. The molecule has 0 radical (unpaired) electrons. The van der Waals surface area contributed by atoms with E-state index in [-0.39, 0.29) is 5.97 Å². The number of allylic oxidation sites excluding steroid dienone is 2. The summed E-state index contributed by atoms with van der Waals surface area (Å²) in [5, 5.41) is 0. The molecule has 0 bridgehead atoms. The van der Waals surface area contributed by atoms with Gasteiger partial charge in [0.1, 0.15) is 0 Å². The summed E-state index contributed by atoms with van der Waals surface area (Å²) in [5.74, 6) is -0.0359. The van der Waals surface area contributed by atoms with Crippen molar-refractivity contribution in [2.24, 2.45) is 0 Å². The second kappa shape index (κ2) is 22.3. The number of esters is 1. The third-order valence-corrected chi connectivity index (χ3v) is 4.95. The van der Waals surface area contributed by atoms with Crippen LogP contribution in [0.1, 0.15) is 129 Å². The summed E-state index contributed by atoms with van der Waals surface area (Å²) in [7, 11) is 0.